The van der Waals surface area contributed by atoms with Crippen LogP contribution in [0.25, 0.3) is 0 Å². The summed E-state index contributed by atoms with van der Waals surface area (Å²) in [6, 6.07) is 2.62. The molecule has 1 aromatic heterocycles. The summed E-state index contributed by atoms with van der Waals surface area (Å²) in [6.07, 6.45) is -0.840. The predicted octanol–water partition coefficient (Wildman–Crippen LogP) is 0.490. The first-order valence-corrected chi connectivity index (χ1v) is 7.00. The van der Waals surface area contributed by atoms with Gasteiger partial charge in [-0.1, -0.05) is 0 Å². The number of alkyl halides is 2. The Morgan fingerprint density at radius 1 is 1.43 bits per heavy atom. The number of nitrogens with zero attached hydrogens (tertiary/aromatic N) is 1. The molecule has 1 fully saturated rings. The largest absolute Gasteiger partial charge is 0.472 e. The van der Waals surface area contributed by atoms with Crippen molar-refractivity contribution in [1.29, 1.82) is 0 Å². The summed E-state index contributed by atoms with van der Waals surface area (Å²) in [5.41, 5.74) is 4.37. The zero-order chi connectivity index (χ0) is 16.9. The maximum atomic E-state index is 12.3. The molecule has 2 rings (SSSR count). The standard InChI is InChI=1S/C14H17F2N3O4/c15-10(16)8-23-11-7-9(1-4-18-11)12(20)19-14(13(17)21)2-5-22-6-3-14/h1,4,7,10H,2-3,5-6,8H2,(H2,17,21)(H,19,20). The van der Waals surface area contributed by atoms with Gasteiger partial charge in [-0.15, -0.1) is 0 Å². The van der Waals surface area contributed by atoms with E-state index in [1.54, 1.807) is 0 Å². The number of carbonyl (C=O) groups is 2. The Bertz CT molecular complexity index is 577. The summed E-state index contributed by atoms with van der Waals surface area (Å²) in [5.74, 6) is -1.30. The van der Waals surface area contributed by atoms with Gasteiger partial charge in [-0.3, -0.25) is 9.59 Å². The van der Waals surface area contributed by atoms with Gasteiger partial charge in [-0.05, 0) is 6.07 Å². The molecule has 7 nitrogen and oxygen atoms in total. The Hall–Kier alpha value is -2.29. The van der Waals surface area contributed by atoms with Crippen LogP contribution in [0, 0.1) is 0 Å². The first kappa shape index (κ1) is 17.1. The van der Waals surface area contributed by atoms with E-state index in [1.807, 2.05) is 0 Å². The lowest BCUT2D eigenvalue weighted by Gasteiger charge is -2.34. The number of amides is 2. The summed E-state index contributed by atoms with van der Waals surface area (Å²) >= 11 is 0. The van der Waals surface area contributed by atoms with Gasteiger partial charge in [0, 0.05) is 43.9 Å². The van der Waals surface area contributed by atoms with Crippen molar-refractivity contribution in [2.24, 2.45) is 5.73 Å². The Balaban J connectivity index is 2.10. The highest BCUT2D eigenvalue weighted by molar-refractivity contribution is 5.99. The summed E-state index contributed by atoms with van der Waals surface area (Å²) in [5, 5.41) is 2.62. The van der Waals surface area contributed by atoms with Crippen LogP contribution in [0.4, 0.5) is 8.78 Å². The van der Waals surface area contributed by atoms with Gasteiger partial charge in [0.25, 0.3) is 12.3 Å². The van der Waals surface area contributed by atoms with Crippen LogP contribution in [0.3, 0.4) is 0 Å². The lowest BCUT2D eigenvalue weighted by atomic mass is 9.89. The number of primary amides is 1. The van der Waals surface area contributed by atoms with Crippen LogP contribution < -0.4 is 15.8 Å². The van der Waals surface area contributed by atoms with Crippen molar-refractivity contribution in [3.05, 3.63) is 23.9 Å². The topological polar surface area (TPSA) is 104 Å². The molecule has 0 aliphatic carbocycles. The Morgan fingerprint density at radius 3 is 2.74 bits per heavy atom. The molecular weight excluding hydrogens is 312 g/mol. The number of ether oxygens (including phenoxy) is 2. The minimum atomic E-state index is -2.64. The average Bonchev–Trinajstić information content (AvgIpc) is 2.54. The summed E-state index contributed by atoms with van der Waals surface area (Å²) < 4.78 is 34.2. The van der Waals surface area contributed by atoms with Crippen LogP contribution >= 0.6 is 0 Å². The average molecular weight is 329 g/mol. The van der Waals surface area contributed by atoms with E-state index in [0.29, 0.717) is 13.2 Å². The molecule has 9 heteroatoms. The van der Waals surface area contributed by atoms with E-state index in [0.717, 1.165) is 0 Å². The van der Waals surface area contributed by atoms with Crippen molar-refractivity contribution in [3.63, 3.8) is 0 Å². The van der Waals surface area contributed by atoms with Crippen molar-refractivity contribution in [3.8, 4) is 5.88 Å². The second kappa shape index (κ2) is 7.32. The molecule has 0 saturated carbocycles. The summed E-state index contributed by atoms with van der Waals surface area (Å²) in [6.45, 7) is -0.203. The molecule has 2 heterocycles. The van der Waals surface area contributed by atoms with Crippen molar-refractivity contribution in [2.75, 3.05) is 19.8 Å². The van der Waals surface area contributed by atoms with Crippen LogP contribution in [0.5, 0.6) is 5.88 Å². The second-order valence-corrected chi connectivity index (χ2v) is 5.10. The number of hydrogen-bond acceptors (Lipinski definition) is 5. The number of nitrogens with two attached hydrogens (primary N) is 1. The smallest absolute Gasteiger partial charge is 0.272 e. The molecule has 23 heavy (non-hydrogen) atoms. The van der Waals surface area contributed by atoms with Crippen LogP contribution in [0.2, 0.25) is 0 Å². The molecule has 3 N–H and O–H groups in total. The van der Waals surface area contributed by atoms with E-state index in [1.165, 1.54) is 18.3 Å². The quantitative estimate of drug-likeness (QED) is 0.790. The maximum absolute atomic E-state index is 12.3. The zero-order valence-electron chi connectivity index (χ0n) is 12.3. The SMILES string of the molecule is NC(=O)C1(NC(=O)c2ccnc(OCC(F)F)c2)CCOCC1. The van der Waals surface area contributed by atoms with Gasteiger partial charge in [0.2, 0.25) is 11.8 Å². The third-order valence-electron chi connectivity index (χ3n) is 3.53. The molecule has 1 aliphatic heterocycles. The molecule has 1 aromatic rings. The molecule has 0 aromatic carbocycles. The monoisotopic (exact) mass is 329 g/mol. The normalized spacial score (nSPS) is 16.8. The van der Waals surface area contributed by atoms with Gasteiger partial charge >= 0.3 is 0 Å². The molecule has 0 radical (unpaired) electrons. The van der Waals surface area contributed by atoms with Crippen molar-refractivity contribution in [1.82, 2.24) is 10.3 Å². The number of rotatable bonds is 6. The molecule has 0 bridgehead atoms. The molecule has 0 spiro atoms. The van der Waals surface area contributed by atoms with E-state index in [9.17, 15) is 18.4 Å². The number of carbonyl (C=O) groups excluding carboxylic acids is 2. The molecule has 1 saturated heterocycles. The van der Waals surface area contributed by atoms with Gasteiger partial charge in [0.1, 0.15) is 5.54 Å². The summed E-state index contributed by atoms with van der Waals surface area (Å²) in [7, 11) is 0. The molecule has 1 aliphatic rings. The second-order valence-electron chi connectivity index (χ2n) is 5.10. The third-order valence-corrected chi connectivity index (χ3v) is 3.53. The fraction of sp³-hybridized carbons (Fsp3) is 0.500. The third kappa shape index (κ3) is 4.35. The van der Waals surface area contributed by atoms with Crippen molar-refractivity contribution < 1.29 is 27.8 Å². The molecule has 0 unspecified atom stereocenters. The number of nitrogens with one attached hydrogen (secondary N) is 1. The Kier molecular flexibility index (Phi) is 5.43. The van der Waals surface area contributed by atoms with Crippen LogP contribution in [-0.4, -0.2) is 48.6 Å². The number of aromatic nitrogens is 1. The number of hydrogen-bond donors (Lipinski definition) is 2. The van der Waals surface area contributed by atoms with Gasteiger partial charge in [0.05, 0.1) is 0 Å². The Labute approximate surface area is 131 Å². The van der Waals surface area contributed by atoms with Crippen LogP contribution in [0.15, 0.2) is 18.3 Å². The molecule has 126 valence electrons. The van der Waals surface area contributed by atoms with Crippen LogP contribution in [0.1, 0.15) is 23.2 Å². The fourth-order valence-electron chi connectivity index (χ4n) is 2.22. The van der Waals surface area contributed by atoms with E-state index >= 15 is 0 Å². The van der Waals surface area contributed by atoms with Crippen molar-refractivity contribution >= 4 is 11.8 Å². The number of pyridine rings is 1. The summed E-state index contributed by atoms with van der Waals surface area (Å²) in [4.78, 5) is 27.8. The lowest BCUT2D eigenvalue weighted by Crippen LogP contribution is -2.60. The number of halogens is 2. The van der Waals surface area contributed by atoms with E-state index < -0.39 is 30.4 Å². The van der Waals surface area contributed by atoms with Crippen LogP contribution in [-0.2, 0) is 9.53 Å². The molecule has 2 amide bonds. The van der Waals surface area contributed by atoms with E-state index in [-0.39, 0.29) is 24.3 Å². The highest BCUT2D eigenvalue weighted by Gasteiger charge is 2.40. The highest BCUT2D eigenvalue weighted by Crippen LogP contribution is 2.21. The highest BCUT2D eigenvalue weighted by atomic mass is 19.3. The zero-order valence-corrected chi connectivity index (χ0v) is 12.3. The van der Waals surface area contributed by atoms with Gasteiger partial charge in [-0.2, -0.15) is 0 Å². The van der Waals surface area contributed by atoms with Gasteiger partial charge < -0.3 is 20.5 Å². The Morgan fingerprint density at radius 2 is 2.13 bits per heavy atom. The minimum absolute atomic E-state index is 0.0990. The lowest BCUT2D eigenvalue weighted by molar-refractivity contribution is -0.127. The molecule has 0 atom stereocenters. The minimum Gasteiger partial charge on any atom is -0.472 e. The van der Waals surface area contributed by atoms with E-state index in [2.05, 4.69) is 10.3 Å². The first-order valence-electron chi connectivity index (χ1n) is 7.00. The maximum Gasteiger partial charge on any atom is 0.272 e. The molecular formula is C14H17F2N3O4. The fourth-order valence-corrected chi connectivity index (χ4v) is 2.22. The predicted molar refractivity (Wildman–Crippen MR) is 75.2 cm³/mol. The first-order chi connectivity index (χ1) is 10.9. The van der Waals surface area contributed by atoms with Gasteiger partial charge in [0.15, 0.2) is 6.61 Å². The van der Waals surface area contributed by atoms with Crippen molar-refractivity contribution in [2.45, 2.75) is 24.8 Å². The van der Waals surface area contributed by atoms with E-state index in [4.69, 9.17) is 15.2 Å². The van der Waals surface area contributed by atoms with Gasteiger partial charge in [-0.25, -0.2) is 13.8 Å².